The Balaban J connectivity index is 2.55. The topological polar surface area (TPSA) is 75.9 Å². The molecular formula is C12H9N3O2S. The number of aryl methyl sites for hydroxylation is 1. The van der Waals surface area contributed by atoms with Crippen molar-refractivity contribution in [2.24, 2.45) is 0 Å². The zero-order chi connectivity index (χ0) is 13.1. The summed E-state index contributed by atoms with van der Waals surface area (Å²) in [6.07, 6.45) is 3.10. The van der Waals surface area contributed by atoms with Crippen molar-refractivity contribution in [2.75, 3.05) is 7.11 Å². The van der Waals surface area contributed by atoms with Gasteiger partial charge in [0.25, 0.3) is 0 Å². The molecule has 0 fully saturated rings. The smallest absolute Gasteiger partial charge is 0.367 e. The van der Waals surface area contributed by atoms with Crippen LogP contribution in [0.15, 0.2) is 18.5 Å². The van der Waals surface area contributed by atoms with Gasteiger partial charge in [-0.2, -0.15) is 5.26 Å². The van der Waals surface area contributed by atoms with Crippen molar-refractivity contribution < 1.29 is 9.53 Å². The summed E-state index contributed by atoms with van der Waals surface area (Å²) in [5, 5.41) is 9.32. The number of carbonyl (C=O) groups is 1. The summed E-state index contributed by atoms with van der Waals surface area (Å²) in [5.74, 6) is -0.470. The van der Waals surface area contributed by atoms with E-state index in [1.54, 1.807) is 19.2 Å². The molecule has 0 aliphatic rings. The van der Waals surface area contributed by atoms with Crippen LogP contribution in [0.25, 0.3) is 10.4 Å². The summed E-state index contributed by atoms with van der Waals surface area (Å²) in [4.78, 5) is 20.2. The minimum atomic E-state index is -0.470. The average Bonchev–Trinajstić information content (AvgIpc) is 2.79. The van der Waals surface area contributed by atoms with Crippen LogP contribution in [0, 0.1) is 18.3 Å². The lowest BCUT2D eigenvalue weighted by Crippen LogP contribution is -1.99. The standard InChI is InChI=1S/C12H9N3O2S/c1-7-10(18-11(15-7)12(16)17-2)9-3-4-14-6-8(9)5-13/h3-4,6H,1-2H3. The number of hydrogen-bond donors (Lipinski definition) is 0. The Morgan fingerprint density at radius 2 is 2.33 bits per heavy atom. The fourth-order valence-electron chi connectivity index (χ4n) is 1.50. The molecule has 0 saturated heterocycles. The second-order valence-electron chi connectivity index (χ2n) is 3.46. The Hall–Kier alpha value is -2.26. The quantitative estimate of drug-likeness (QED) is 0.772. The molecule has 6 heteroatoms. The van der Waals surface area contributed by atoms with E-state index in [4.69, 9.17) is 5.26 Å². The third kappa shape index (κ3) is 2.08. The molecule has 90 valence electrons. The van der Waals surface area contributed by atoms with Crippen LogP contribution in [0.1, 0.15) is 21.1 Å². The van der Waals surface area contributed by atoms with Crippen LogP contribution in [0.5, 0.6) is 0 Å². The number of aromatic nitrogens is 2. The minimum absolute atomic E-state index is 0.283. The summed E-state index contributed by atoms with van der Waals surface area (Å²) >= 11 is 1.21. The normalized spacial score (nSPS) is 9.83. The molecular weight excluding hydrogens is 250 g/mol. The predicted octanol–water partition coefficient (Wildman–Crippen LogP) is 2.17. The third-order valence-corrected chi connectivity index (χ3v) is 3.51. The van der Waals surface area contributed by atoms with E-state index in [0.29, 0.717) is 11.3 Å². The fraction of sp³-hybridized carbons (Fsp3) is 0.167. The number of rotatable bonds is 2. The summed E-state index contributed by atoms with van der Waals surface area (Å²) in [7, 11) is 1.31. The van der Waals surface area contributed by atoms with Crippen LogP contribution in [-0.2, 0) is 4.74 Å². The van der Waals surface area contributed by atoms with Gasteiger partial charge in [-0.3, -0.25) is 4.98 Å². The maximum Gasteiger partial charge on any atom is 0.367 e. The van der Waals surface area contributed by atoms with Crippen molar-refractivity contribution in [1.29, 1.82) is 5.26 Å². The summed E-state index contributed by atoms with van der Waals surface area (Å²) in [6.45, 7) is 1.79. The number of esters is 1. The molecule has 0 aliphatic carbocycles. The summed E-state index contributed by atoms with van der Waals surface area (Å²) < 4.78 is 4.63. The lowest BCUT2D eigenvalue weighted by Gasteiger charge is -1.99. The fourth-order valence-corrected chi connectivity index (χ4v) is 2.53. The highest BCUT2D eigenvalue weighted by Crippen LogP contribution is 2.32. The van der Waals surface area contributed by atoms with Crippen LogP contribution >= 0.6 is 11.3 Å². The first kappa shape index (κ1) is 12.2. The van der Waals surface area contributed by atoms with Gasteiger partial charge < -0.3 is 4.74 Å². The Bertz CT molecular complexity index is 643. The molecule has 2 aromatic heterocycles. The van der Waals surface area contributed by atoms with Crippen molar-refractivity contribution in [3.05, 3.63) is 34.7 Å². The zero-order valence-electron chi connectivity index (χ0n) is 9.80. The number of thiazole rings is 1. The van der Waals surface area contributed by atoms with Gasteiger partial charge in [0.05, 0.1) is 23.2 Å². The van der Waals surface area contributed by atoms with E-state index in [0.717, 1.165) is 10.4 Å². The van der Waals surface area contributed by atoms with Gasteiger partial charge >= 0.3 is 5.97 Å². The first-order valence-corrected chi connectivity index (χ1v) is 5.89. The van der Waals surface area contributed by atoms with Crippen molar-refractivity contribution >= 4 is 17.3 Å². The van der Waals surface area contributed by atoms with Crippen molar-refractivity contribution in [1.82, 2.24) is 9.97 Å². The Kier molecular flexibility index (Phi) is 3.35. The lowest BCUT2D eigenvalue weighted by atomic mass is 10.1. The molecule has 0 radical (unpaired) electrons. The number of methoxy groups -OCH3 is 1. The Morgan fingerprint density at radius 3 is 3.00 bits per heavy atom. The largest absolute Gasteiger partial charge is 0.464 e. The molecule has 2 rings (SSSR count). The maximum atomic E-state index is 11.4. The maximum absolute atomic E-state index is 11.4. The van der Waals surface area contributed by atoms with Crippen molar-refractivity contribution in [3.8, 4) is 16.5 Å². The van der Waals surface area contributed by atoms with Gasteiger partial charge in [-0.1, -0.05) is 0 Å². The molecule has 0 saturated carbocycles. The van der Waals surface area contributed by atoms with Gasteiger partial charge in [0, 0.05) is 18.0 Å². The SMILES string of the molecule is COC(=O)c1nc(C)c(-c2ccncc2C#N)s1. The molecule has 18 heavy (non-hydrogen) atoms. The van der Waals surface area contributed by atoms with E-state index >= 15 is 0 Å². The van der Waals surface area contributed by atoms with Gasteiger partial charge in [0.2, 0.25) is 5.01 Å². The lowest BCUT2D eigenvalue weighted by molar-refractivity contribution is 0.0600. The molecule has 0 atom stereocenters. The molecule has 2 aromatic rings. The van der Waals surface area contributed by atoms with Gasteiger partial charge in [-0.05, 0) is 13.0 Å². The van der Waals surface area contributed by atoms with Crippen LogP contribution in [0.3, 0.4) is 0 Å². The van der Waals surface area contributed by atoms with Crippen LogP contribution in [-0.4, -0.2) is 23.0 Å². The van der Waals surface area contributed by atoms with Gasteiger partial charge in [0.15, 0.2) is 0 Å². The highest BCUT2D eigenvalue weighted by molar-refractivity contribution is 7.17. The average molecular weight is 259 g/mol. The third-order valence-electron chi connectivity index (χ3n) is 2.34. The van der Waals surface area contributed by atoms with E-state index in [1.165, 1.54) is 24.6 Å². The van der Waals surface area contributed by atoms with Crippen molar-refractivity contribution in [3.63, 3.8) is 0 Å². The Morgan fingerprint density at radius 1 is 1.56 bits per heavy atom. The molecule has 0 N–H and O–H groups in total. The molecule has 0 aliphatic heterocycles. The molecule has 0 aromatic carbocycles. The molecule has 5 nitrogen and oxygen atoms in total. The number of nitrogens with zero attached hydrogens (tertiary/aromatic N) is 3. The number of pyridine rings is 1. The molecule has 0 bridgehead atoms. The van der Waals surface area contributed by atoms with Gasteiger partial charge in [-0.15, -0.1) is 11.3 Å². The molecule has 0 amide bonds. The highest BCUT2D eigenvalue weighted by Gasteiger charge is 2.17. The first-order chi connectivity index (χ1) is 8.67. The number of hydrogen-bond acceptors (Lipinski definition) is 6. The second-order valence-corrected chi connectivity index (χ2v) is 4.46. The molecule has 0 unspecified atom stereocenters. The number of ether oxygens (including phenoxy) is 1. The van der Waals surface area contributed by atoms with Crippen LogP contribution in [0.4, 0.5) is 0 Å². The summed E-state index contributed by atoms with van der Waals surface area (Å²) in [6, 6.07) is 3.81. The van der Waals surface area contributed by atoms with Gasteiger partial charge in [0.1, 0.15) is 6.07 Å². The zero-order valence-corrected chi connectivity index (χ0v) is 10.6. The van der Waals surface area contributed by atoms with E-state index in [-0.39, 0.29) is 5.01 Å². The highest BCUT2D eigenvalue weighted by atomic mass is 32.1. The first-order valence-electron chi connectivity index (χ1n) is 5.07. The predicted molar refractivity (Wildman–Crippen MR) is 66.1 cm³/mol. The number of nitriles is 1. The van der Waals surface area contributed by atoms with Crippen LogP contribution in [0.2, 0.25) is 0 Å². The van der Waals surface area contributed by atoms with E-state index in [1.807, 2.05) is 0 Å². The van der Waals surface area contributed by atoms with Crippen molar-refractivity contribution in [2.45, 2.75) is 6.92 Å². The monoisotopic (exact) mass is 259 g/mol. The van der Waals surface area contributed by atoms with Crippen LogP contribution < -0.4 is 0 Å². The molecule has 2 heterocycles. The van der Waals surface area contributed by atoms with E-state index in [2.05, 4.69) is 20.8 Å². The Labute approximate surface area is 108 Å². The molecule has 0 spiro atoms. The van der Waals surface area contributed by atoms with E-state index < -0.39 is 5.97 Å². The minimum Gasteiger partial charge on any atom is -0.464 e. The second kappa shape index (κ2) is 4.94. The summed E-state index contributed by atoms with van der Waals surface area (Å²) in [5.41, 5.74) is 1.89. The van der Waals surface area contributed by atoms with Gasteiger partial charge in [-0.25, -0.2) is 9.78 Å². The van der Waals surface area contributed by atoms with E-state index in [9.17, 15) is 4.79 Å². The number of carbonyl (C=O) groups excluding carboxylic acids is 1.